The number of nitrogens with zero attached hydrogens (tertiary/aromatic N) is 2. The number of amides is 1. The normalized spacial score (nSPS) is 30.7. The van der Waals surface area contributed by atoms with Crippen molar-refractivity contribution in [1.82, 2.24) is 10.3 Å². The first-order valence-corrected chi connectivity index (χ1v) is 9.23. The summed E-state index contributed by atoms with van der Waals surface area (Å²) in [7, 11) is 0. The number of hydrogen-bond acceptors (Lipinski definition) is 3. The smallest absolute Gasteiger partial charge is 0.255 e. The van der Waals surface area contributed by atoms with Crippen LogP contribution in [0.3, 0.4) is 0 Å². The molecule has 1 N–H and O–H groups in total. The maximum absolute atomic E-state index is 12.8. The quantitative estimate of drug-likeness (QED) is 0.928. The van der Waals surface area contributed by atoms with Gasteiger partial charge in [-0.25, -0.2) is 4.98 Å². The summed E-state index contributed by atoms with van der Waals surface area (Å²) in [5, 5.41) is 3.28. The zero-order chi connectivity index (χ0) is 15.8. The molecule has 0 spiro atoms. The topological polar surface area (TPSA) is 45.2 Å². The summed E-state index contributed by atoms with van der Waals surface area (Å²) in [6.45, 7) is 4.22. The molecule has 1 saturated heterocycles. The lowest BCUT2D eigenvalue weighted by Gasteiger charge is -2.29. The molecule has 0 aromatic carbocycles. The molecular formula is C19H27N3O. The molecule has 0 radical (unpaired) electrons. The number of carbonyl (C=O) groups excluding carboxylic acids is 1. The van der Waals surface area contributed by atoms with Gasteiger partial charge in [-0.3, -0.25) is 4.79 Å². The Balaban J connectivity index is 1.46. The van der Waals surface area contributed by atoms with E-state index in [9.17, 15) is 4.79 Å². The third-order valence-electron chi connectivity index (χ3n) is 6.23. The van der Waals surface area contributed by atoms with E-state index in [1.807, 2.05) is 12.1 Å². The van der Waals surface area contributed by atoms with E-state index < -0.39 is 0 Å². The van der Waals surface area contributed by atoms with Crippen molar-refractivity contribution in [2.75, 3.05) is 18.0 Å². The van der Waals surface area contributed by atoms with Crippen molar-refractivity contribution in [3.8, 4) is 0 Å². The maximum Gasteiger partial charge on any atom is 0.255 e. The molecule has 4 atom stereocenters. The average Bonchev–Trinajstić information content (AvgIpc) is 3.32. The highest BCUT2D eigenvalue weighted by Crippen LogP contribution is 2.49. The number of aromatic nitrogens is 1. The van der Waals surface area contributed by atoms with Gasteiger partial charge in [0, 0.05) is 25.3 Å². The van der Waals surface area contributed by atoms with E-state index in [1.165, 1.54) is 38.5 Å². The number of pyridine rings is 1. The number of anilines is 1. The number of hydrogen-bond donors (Lipinski definition) is 1. The van der Waals surface area contributed by atoms with Crippen molar-refractivity contribution < 1.29 is 4.79 Å². The first kappa shape index (κ1) is 15.0. The fourth-order valence-corrected chi connectivity index (χ4v) is 5.05. The van der Waals surface area contributed by atoms with Gasteiger partial charge in [0.05, 0.1) is 5.56 Å². The molecule has 1 aliphatic heterocycles. The molecule has 23 heavy (non-hydrogen) atoms. The lowest BCUT2D eigenvalue weighted by atomic mass is 9.84. The molecule has 4 unspecified atom stereocenters. The lowest BCUT2D eigenvalue weighted by molar-refractivity contribution is 0.0915. The van der Waals surface area contributed by atoms with Gasteiger partial charge in [-0.05, 0) is 68.9 Å². The molecule has 1 aromatic heterocycles. The monoisotopic (exact) mass is 313 g/mol. The molecule has 3 fully saturated rings. The second kappa shape index (κ2) is 6.14. The molecule has 1 amide bonds. The Morgan fingerprint density at radius 2 is 2.13 bits per heavy atom. The Morgan fingerprint density at radius 1 is 1.30 bits per heavy atom. The van der Waals surface area contributed by atoms with Crippen LogP contribution >= 0.6 is 0 Å². The van der Waals surface area contributed by atoms with Crippen LogP contribution < -0.4 is 10.2 Å². The van der Waals surface area contributed by atoms with Gasteiger partial charge in [0.2, 0.25) is 0 Å². The Morgan fingerprint density at radius 3 is 2.83 bits per heavy atom. The summed E-state index contributed by atoms with van der Waals surface area (Å²) < 4.78 is 0. The van der Waals surface area contributed by atoms with Crippen molar-refractivity contribution in [2.45, 2.75) is 51.5 Å². The SMILES string of the molecule is CC(NC(=O)c1cccnc1N1CCCC1)C1CC2CCC1C2. The highest BCUT2D eigenvalue weighted by Gasteiger charge is 2.42. The Hall–Kier alpha value is -1.58. The molecule has 2 heterocycles. The molecule has 124 valence electrons. The number of rotatable bonds is 4. The van der Waals surface area contributed by atoms with E-state index in [0.717, 1.165) is 36.3 Å². The second-order valence-electron chi connectivity index (χ2n) is 7.67. The molecule has 2 bridgehead atoms. The summed E-state index contributed by atoms with van der Waals surface area (Å²) in [5.41, 5.74) is 0.740. The Bertz CT molecular complexity index is 582. The van der Waals surface area contributed by atoms with Crippen molar-refractivity contribution in [3.63, 3.8) is 0 Å². The number of nitrogens with one attached hydrogen (secondary N) is 1. The first-order valence-electron chi connectivity index (χ1n) is 9.23. The summed E-state index contributed by atoms with van der Waals surface area (Å²) >= 11 is 0. The summed E-state index contributed by atoms with van der Waals surface area (Å²) in [4.78, 5) is 19.6. The largest absolute Gasteiger partial charge is 0.356 e. The molecule has 3 aliphatic rings. The van der Waals surface area contributed by atoms with Gasteiger partial charge in [-0.1, -0.05) is 6.42 Å². The van der Waals surface area contributed by atoms with Crippen LogP contribution in [0.15, 0.2) is 18.3 Å². The molecule has 4 rings (SSSR count). The Kier molecular flexibility index (Phi) is 4.00. The van der Waals surface area contributed by atoms with Crippen LogP contribution in [0.1, 0.15) is 55.8 Å². The molecule has 2 aliphatic carbocycles. The minimum atomic E-state index is 0.0512. The van der Waals surface area contributed by atoms with Crippen LogP contribution in [0.25, 0.3) is 0 Å². The van der Waals surface area contributed by atoms with Gasteiger partial charge in [0.1, 0.15) is 5.82 Å². The fraction of sp³-hybridized carbons (Fsp3) is 0.684. The third kappa shape index (κ3) is 2.84. The minimum Gasteiger partial charge on any atom is -0.356 e. The zero-order valence-electron chi connectivity index (χ0n) is 14.0. The molecule has 4 nitrogen and oxygen atoms in total. The van der Waals surface area contributed by atoms with Gasteiger partial charge in [-0.15, -0.1) is 0 Å². The first-order chi connectivity index (χ1) is 11.2. The number of carbonyl (C=O) groups is 1. The summed E-state index contributed by atoms with van der Waals surface area (Å²) in [6, 6.07) is 4.06. The predicted molar refractivity (Wildman–Crippen MR) is 91.6 cm³/mol. The van der Waals surface area contributed by atoms with Gasteiger partial charge in [-0.2, -0.15) is 0 Å². The van der Waals surface area contributed by atoms with Gasteiger partial charge in [0.15, 0.2) is 0 Å². The molecule has 2 saturated carbocycles. The summed E-state index contributed by atoms with van der Waals surface area (Å²) in [6.07, 6.45) is 9.64. The fourth-order valence-electron chi connectivity index (χ4n) is 5.05. The van der Waals surface area contributed by atoms with Crippen LogP contribution in [0, 0.1) is 17.8 Å². The van der Waals surface area contributed by atoms with Crippen LogP contribution in [0.5, 0.6) is 0 Å². The van der Waals surface area contributed by atoms with Crippen molar-refractivity contribution in [2.24, 2.45) is 17.8 Å². The maximum atomic E-state index is 12.8. The van der Waals surface area contributed by atoms with Crippen molar-refractivity contribution >= 4 is 11.7 Å². The Labute approximate surface area is 138 Å². The highest BCUT2D eigenvalue weighted by molar-refractivity contribution is 5.99. The van der Waals surface area contributed by atoms with Gasteiger partial charge in [0.25, 0.3) is 5.91 Å². The second-order valence-corrected chi connectivity index (χ2v) is 7.67. The van der Waals surface area contributed by atoms with Crippen LogP contribution in [0.4, 0.5) is 5.82 Å². The lowest BCUT2D eigenvalue weighted by Crippen LogP contribution is -2.40. The van der Waals surface area contributed by atoms with E-state index >= 15 is 0 Å². The van der Waals surface area contributed by atoms with E-state index in [2.05, 4.69) is 22.1 Å². The van der Waals surface area contributed by atoms with Gasteiger partial charge < -0.3 is 10.2 Å². The van der Waals surface area contributed by atoms with Crippen molar-refractivity contribution in [1.29, 1.82) is 0 Å². The van der Waals surface area contributed by atoms with E-state index in [4.69, 9.17) is 0 Å². The van der Waals surface area contributed by atoms with Crippen LogP contribution in [0.2, 0.25) is 0 Å². The highest BCUT2D eigenvalue weighted by atomic mass is 16.1. The average molecular weight is 313 g/mol. The van der Waals surface area contributed by atoms with Crippen molar-refractivity contribution in [3.05, 3.63) is 23.9 Å². The van der Waals surface area contributed by atoms with E-state index in [0.29, 0.717) is 5.92 Å². The van der Waals surface area contributed by atoms with Crippen LogP contribution in [-0.2, 0) is 0 Å². The van der Waals surface area contributed by atoms with Gasteiger partial charge >= 0.3 is 0 Å². The standard InChI is InChI=1S/C19H27N3O/c1-13(17-12-14-6-7-15(17)11-14)21-19(23)16-5-4-8-20-18(16)22-9-2-3-10-22/h4-5,8,13-15,17H,2-3,6-7,9-12H2,1H3,(H,21,23). The molecular weight excluding hydrogens is 286 g/mol. The summed E-state index contributed by atoms with van der Waals surface area (Å²) in [5.74, 6) is 3.34. The molecule has 1 aromatic rings. The zero-order valence-corrected chi connectivity index (χ0v) is 14.0. The predicted octanol–water partition coefficient (Wildman–Crippen LogP) is 3.24. The van der Waals surface area contributed by atoms with E-state index in [-0.39, 0.29) is 11.9 Å². The minimum absolute atomic E-state index is 0.0512. The van der Waals surface area contributed by atoms with Crippen LogP contribution in [-0.4, -0.2) is 30.0 Å². The molecule has 4 heteroatoms. The van der Waals surface area contributed by atoms with E-state index in [1.54, 1.807) is 6.20 Å². The third-order valence-corrected chi connectivity index (χ3v) is 6.23. The number of fused-ring (bicyclic) bond motifs is 2.